The Bertz CT molecular complexity index is 1080. The molecular formula is C17H19N5O7S. The molecule has 0 unspecified atom stereocenters. The maximum atomic E-state index is 12.4. The minimum absolute atomic E-state index is 0.0275. The van der Waals surface area contributed by atoms with E-state index in [4.69, 9.17) is 24.9 Å². The summed E-state index contributed by atoms with van der Waals surface area (Å²) in [5.41, 5.74) is 5.63. The first-order valence-electron chi connectivity index (χ1n) is 8.19. The molecule has 2 aromatic rings. The minimum atomic E-state index is -4.38. The lowest BCUT2D eigenvalue weighted by atomic mass is 10.1. The molecule has 160 valence electrons. The molecule has 3 N–H and O–H groups in total. The molecule has 0 amide bonds. The third kappa shape index (κ3) is 5.01. The van der Waals surface area contributed by atoms with E-state index in [0.29, 0.717) is 0 Å². The van der Waals surface area contributed by atoms with Gasteiger partial charge >= 0.3 is 10.1 Å². The smallest absolute Gasteiger partial charge is 0.319 e. The van der Waals surface area contributed by atoms with Gasteiger partial charge in [0.2, 0.25) is 5.96 Å². The third-order valence-electron chi connectivity index (χ3n) is 3.73. The molecule has 12 nitrogen and oxygen atoms in total. The van der Waals surface area contributed by atoms with Crippen molar-refractivity contribution in [3.63, 3.8) is 0 Å². The van der Waals surface area contributed by atoms with Crippen LogP contribution in [0.1, 0.15) is 11.1 Å². The fourth-order valence-electron chi connectivity index (χ4n) is 2.30. The summed E-state index contributed by atoms with van der Waals surface area (Å²) in [4.78, 5) is 10.5. The molecule has 0 saturated carbocycles. The summed E-state index contributed by atoms with van der Waals surface area (Å²) in [7, 11) is -1.78. The predicted octanol–water partition coefficient (Wildman–Crippen LogP) is 1.77. The number of hydroxylamine groups is 1. The Morgan fingerprint density at radius 2 is 1.83 bits per heavy atom. The van der Waals surface area contributed by atoms with Gasteiger partial charge in [-0.2, -0.15) is 8.42 Å². The third-order valence-corrected chi connectivity index (χ3v) is 4.92. The Labute approximate surface area is 172 Å². The van der Waals surface area contributed by atoms with Gasteiger partial charge in [-0.15, -0.1) is 9.39 Å². The van der Waals surface area contributed by atoms with Crippen LogP contribution in [-0.2, 0) is 14.4 Å². The Morgan fingerprint density at radius 1 is 1.20 bits per heavy atom. The van der Waals surface area contributed by atoms with Crippen molar-refractivity contribution in [1.29, 1.82) is 5.41 Å². The molecule has 0 fully saturated rings. The van der Waals surface area contributed by atoms with E-state index in [1.165, 1.54) is 32.4 Å². The van der Waals surface area contributed by atoms with Crippen molar-refractivity contribution >= 4 is 28.0 Å². The molecule has 0 radical (unpaired) electrons. The molecule has 13 heteroatoms. The lowest BCUT2D eigenvalue weighted by Crippen LogP contribution is -2.34. The van der Waals surface area contributed by atoms with Crippen LogP contribution in [0.15, 0.2) is 46.4 Å². The molecule has 0 aliphatic heterocycles. The fraction of sp³-hybridized carbons (Fsp3) is 0.176. The van der Waals surface area contributed by atoms with Crippen molar-refractivity contribution in [2.45, 2.75) is 11.8 Å². The molecule has 0 saturated heterocycles. The maximum absolute atomic E-state index is 12.4. The number of hydrogen-bond acceptors (Lipinski definition) is 9. The number of hydrazone groups is 1. The maximum Gasteiger partial charge on any atom is 0.319 e. The lowest BCUT2D eigenvalue weighted by Gasteiger charge is -2.16. The van der Waals surface area contributed by atoms with Crippen LogP contribution in [0.5, 0.6) is 11.5 Å². The van der Waals surface area contributed by atoms with Gasteiger partial charge in [0, 0.05) is 6.07 Å². The van der Waals surface area contributed by atoms with Crippen LogP contribution in [0.25, 0.3) is 0 Å². The standard InChI is InChI=1S/C17H19N5O7S/c1-11-4-6-12(7-5-11)30(25,26)29-21(17(18)19)20-10-13-14(22(23)24)8-9-15(27-2)16(13)28-3/h4-10H,1-3H3,(H3,18,19). The van der Waals surface area contributed by atoms with Crippen LogP contribution in [0, 0.1) is 22.4 Å². The number of guanidine groups is 1. The highest BCUT2D eigenvalue weighted by Gasteiger charge is 2.24. The predicted molar refractivity (Wildman–Crippen MR) is 107 cm³/mol. The van der Waals surface area contributed by atoms with Crippen LogP contribution in [0.3, 0.4) is 0 Å². The average molecular weight is 437 g/mol. The molecule has 30 heavy (non-hydrogen) atoms. The zero-order valence-corrected chi connectivity index (χ0v) is 17.0. The van der Waals surface area contributed by atoms with Gasteiger partial charge in [-0.3, -0.25) is 15.5 Å². The molecule has 0 spiro atoms. The number of nitrogens with one attached hydrogen (secondary N) is 1. The Morgan fingerprint density at radius 3 is 2.33 bits per heavy atom. The van der Waals surface area contributed by atoms with Crippen LogP contribution < -0.4 is 15.2 Å². The first kappa shape index (κ1) is 22.6. The number of nitro groups is 1. The summed E-state index contributed by atoms with van der Waals surface area (Å²) >= 11 is 0. The van der Waals surface area contributed by atoms with E-state index in [1.807, 2.05) is 0 Å². The van der Waals surface area contributed by atoms with E-state index in [1.54, 1.807) is 19.1 Å². The van der Waals surface area contributed by atoms with Gasteiger partial charge in [-0.25, -0.2) is 0 Å². The largest absolute Gasteiger partial charge is 0.493 e. The Balaban J connectivity index is 2.45. The normalized spacial score (nSPS) is 11.3. The molecule has 2 rings (SSSR count). The number of hydrogen-bond donors (Lipinski definition) is 2. The molecule has 0 aliphatic carbocycles. The monoisotopic (exact) mass is 437 g/mol. The summed E-state index contributed by atoms with van der Waals surface area (Å²) in [5, 5.41) is 22.7. The molecule has 0 aliphatic rings. The highest BCUT2D eigenvalue weighted by molar-refractivity contribution is 7.86. The van der Waals surface area contributed by atoms with Gasteiger partial charge in [0.1, 0.15) is 5.56 Å². The summed E-state index contributed by atoms with van der Waals surface area (Å²) in [5.74, 6) is -0.737. The Kier molecular flexibility index (Phi) is 6.92. The minimum Gasteiger partial charge on any atom is -0.493 e. The van der Waals surface area contributed by atoms with Crippen molar-refractivity contribution < 1.29 is 27.1 Å². The van der Waals surface area contributed by atoms with Crippen LogP contribution in [-0.4, -0.2) is 44.9 Å². The fourth-order valence-corrected chi connectivity index (χ4v) is 3.16. The number of nitrogens with zero attached hydrogens (tertiary/aromatic N) is 3. The number of ether oxygens (including phenoxy) is 2. The van der Waals surface area contributed by atoms with Gasteiger partial charge in [-0.05, 0) is 25.1 Å². The summed E-state index contributed by atoms with van der Waals surface area (Å²) in [6, 6.07) is 8.22. The van der Waals surface area contributed by atoms with Crippen LogP contribution >= 0.6 is 0 Å². The van der Waals surface area contributed by atoms with E-state index in [9.17, 15) is 18.5 Å². The number of benzene rings is 2. The summed E-state index contributed by atoms with van der Waals surface area (Å²) < 4.78 is 39.9. The second kappa shape index (κ2) is 9.19. The van der Waals surface area contributed by atoms with Crippen LogP contribution in [0.4, 0.5) is 5.69 Å². The summed E-state index contributed by atoms with van der Waals surface area (Å²) in [6.45, 7) is 1.78. The molecule has 0 atom stereocenters. The van der Waals surface area contributed by atoms with Gasteiger partial charge in [0.15, 0.2) is 11.5 Å². The summed E-state index contributed by atoms with van der Waals surface area (Å²) in [6.07, 6.45) is 0.881. The first-order chi connectivity index (χ1) is 14.1. The van der Waals surface area contributed by atoms with Gasteiger partial charge in [0.05, 0.1) is 30.3 Å². The molecule has 0 bridgehead atoms. The van der Waals surface area contributed by atoms with E-state index in [-0.39, 0.29) is 27.1 Å². The van der Waals surface area contributed by atoms with Gasteiger partial charge < -0.3 is 15.2 Å². The highest BCUT2D eigenvalue weighted by atomic mass is 32.2. The van der Waals surface area contributed by atoms with E-state index < -0.39 is 26.7 Å². The van der Waals surface area contributed by atoms with Gasteiger partial charge in [-0.1, -0.05) is 22.9 Å². The molecule has 2 aromatic carbocycles. The second-order valence-electron chi connectivity index (χ2n) is 5.74. The second-order valence-corrected chi connectivity index (χ2v) is 7.26. The number of nitro benzene ring substituents is 1. The van der Waals surface area contributed by atoms with Gasteiger partial charge in [0.25, 0.3) is 5.69 Å². The average Bonchev–Trinajstić information content (AvgIpc) is 2.70. The van der Waals surface area contributed by atoms with Crippen LogP contribution in [0.2, 0.25) is 0 Å². The lowest BCUT2D eigenvalue weighted by molar-refractivity contribution is -0.385. The Hall–Kier alpha value is -3.71. The SMILES string of the molecule is COc1ccc([N+](=O)[O-])c(C=NN(OS(=O)(=O)c2ccc(C)cc2)C(=N)N)c1OC. The van der Waals surface area contributed by atoms with E-state index >= 15 is 0 Å². The zero-order chi connectivity index (χ0) is 22.5. The number of rotatable bonds is 8. The number of aryl methyl sites for hydroxylation is 1. The zero-order valence-electron chi connectivity index (χ0n) is 16.2. The van der Waals surface area contributed by atoms with E-state index in [0.717, 1.165) is 17.8 Å². The molecule has 0 aromatic heterocycles. The molecular weight excluding hydrogens is 418 g/mol. The van der Waals surface area contributed by atoms with Crippen molar-refractivity contribution in [2.75, 3.05) is 14.2 Å². The number of methoxy groups -OCH3 is 2. The van der Waals surface area contributed by atoms with E-state index in [2.05, 4.69) is 5.10 Å². The first-order valence-corrected chi connectivity index (χ1v) is 9.60. The quantitative estimate of drug-likeness (QED) is 0.270. The highest BCUT2D eigenvalue weighted by Crippen LogP contribution is 2.36. The molecule has 0 heterocycles. The van der Waals surface area contributed by atoms with Crippen molar-refractivity contribution in [1.82, 2.24) is 5.17 Å². The van der Waals surface area contributed by atoms with Crippen molar-refractivity contribution in [3.05, 3.63) is 57.6 Å². The van der Waals surface area contributed by atoms with Crippen molar-refractivity contribution in [2.24, 2.45) is 10.8 Å². The topological polar surface area (TPSA) is 170 Å². The number of nitrogens with two attached hydrogens (primary N) is 1. The van der Waals surface area contributed by atoms with Crippen molar-refractivity contribution in [3.8, 4) is 11.5 Å².